The normalized spacial score (nSPS) is 24.6. The number of nitrogens with one attached hydrogen (secondary N) is 9. The minimum absolute atomic E-state index is 0.00268. The quantitative estimate of drug-likeness (QED) is 0.0256. The lowest BCUT2D eigenvalue weighted by Gasteiger charge is -2.39. The Labute approximate surface area is 648 Å². The summed E-state index contributed by atoms with van der Waals surface area (Å²) in [4.78, 5) is 229. The smallest absolute Gasteiger partial charge is 0.329 e. The molecule has 2 saturated heterocycles. The number of hydrogen-bond donors (Lipinski definition) is 19. The van der Waals surface area contributed by atoms with Gasteiger partial charge in [0.25, 0.3) is 5.91 Å². The number of nitrogens with zero attached hydrogens (tertiary/aromatic N) is 2. The van der Waals surface area contributed by atoms with Crippen LogP contribution in [0.4, 0.5) is 0 Å². The van der Waals surface area contributed by atoms with Crippen molar-refractivity contribution in [3.05, 3.63) is 0 Å². The predicted molar refractivity (Wildman–Crippen MR) is 399 cm³/mol. The SMILES string of the molecule is CC[C@@H](C)[C@@H](C)[C@@H](O)[C@@H](C)C(=O)N[C@H](CCCN)C(=O)N[C@@H](CCC(N)=O)[C@@H](O)[C@@H](O)C(=O)N[C@H](C(=O)N[C@H]1C(=O)N[C@H](CO)C(=O)N[C@H](CCCN)C(=O)N[C@@H](CC(C)C)C(=O)N(C)[C@@H](CCC(N)=O)C(=O)N[C@@H]([C@@H](C)OC)C(=O)N[C@H](CC(=O)O)C(=O)N2CCCC[C@H]2C(=O)O[C@@H]1[C@H](C)C(C)C)[C@@H](C)[C@@H](C)C(N)=O. The molecule has 2 fully saturated rings. The molecule has 2 aliphatic rings. The topological polar surface area (TPSA) is 638 Å². The highest BCUT2D eigenvalue weighted by molar-refractivity contribution is 6.00. The zero-order chi connectivity index (χ0) is 84.8. The van der Waals surface area contributed by atoms with Crippen molar-refractivity contribution in [3.63, 3.8) is 0 Å². The highest BCUT2D eigenvalue weighted by atomic mass is 16.5. The molecule has 0 aliphatic carbocycles. The number of carboxylic acids is 1. The van der Waals surface area contributed by atoms with Gasteiger partial charge in [-0.1, -0.05) is 82.6 Å². The molecule has 39 heteroatoms. The van der Waals surface area contributed by atoms with Gasteiger partial charge in [-0.3, -0.25) is 71.9 Å². The predicted octanol–water partition coefficient (Wildman–Crippen LogP) is -5.51. The van der Waals surface area contributed by atoms with Gasteiger partial charge in [-0.25, -0.2) is 4.79 Å². The van der Waals surface area contributed by atoms with Crippen molar-refractivity contribution in [1.29, 1.82) is 0 Å². The van der Waals surface area contributed by atoms with Crippen LogP contribution in [0.3, 0.4) is 0 Å². The number of rotatable bonds is 38. The Balaban J connectivity index is 3.13. The second-order valence-electron chi connectivity index (χ2n) is 30.1. The molecular formula is C72H126N16O23. The molecule has 0 bridgehead atoms. The van der Waals surface area contributed by atoms with Crippen LogP contribution in [-0.2, 0) is 86.2 Å². The fourth-order valence-electron chi connectivity index (χ4n) is 12.9. The molecule has 39 nitrogen and oxygen atoms in total. The van der Waals surface area contributed by atoms with Gasteiger partial charge in [0.2, 0.25) is 76.8 Å². The number of primary amides is 3. The van der Waals surface area contributed by atoms with Gasteiger partial charge in [-0.05, 0) is 120 Å². The van der Waals surface area contributed by atoms with Crippen molar-refractivity contribution in [2.45, 2.75) is 270 Å². The molecule has 2 rings (SSSR count). The number of piperidine rings is 1. The van der Waals surface area contributed by atoms with E-state index in [1.807, 2.05) is 13.8 Å². The van der Waals surface area contributed by atoms with Gasteiger partial charge in [0.1, 0.15) is 72.6 Å². The third-order valence-electron chi connectivity index (χ3n) is 21.2. The van der Waals surface area contributed by atoms with Crippen LogP contribution in [-0.4, -0.2) is 267 Å². The van der Waals surface area contributed by atoms with Crippen molar-refractivity contribution in [3.8, 4) is 0 Å². The van der Waals surface area contributed by atoms with E-state index in [1.165, 1.54) is 34.6 Å². The first-order valence-electron chi connectivity index (χ1n) is 38.0. The number of aliphatic carboxylic acids is 1. The van der Waals surface area contributed by atoms with E-state index in [9.17, 15) is 83.1 Å². The Morgan fingerprint density at radius 3 is 1.76 bits per heavy atom. The first-order chi connectivity index (χ1) is 51.9. The van der Waals surface area contributed by atoms with E-state index in [2.05, 4.69) is 47.9 Å². The van der Waals surface area contributed by atoms with Gasteiger partial charge in [0.05, 0.1) is 37.2 Å². The number of ether oxygens (including phenoxy) is 2. The molecule has 2 heterocycles. The number of cyclic esters (lactones) is 1. The van der Waals surface area contributed by atoms with Crippen LogP contribution < -0.4 is 76.5 Å². The molecular weight excluding hydrogens is 1460 g/mol. The molecule has 0 spiro atoms. The molecule has 111 heavy (non-hydrogen) atoms. The van der Waals surface area contributed by atoms with Crippen LogP contribution in [0.15, 0.2) is 0 Å². The highest BCUT2D eigenvalue weighted by Crippen LogP contribution is 2.29. The number of hydrogen-bond acceptors (Lipinski definition) is 24. The van der Waals surface area contributed by atoms with Crippen molar-refractivity contribution in [1.82, 2.24) is 57.7 Å². The molecule has 2 aliphatic heterocycles. The summed E-state index contributed by atoms with van der Waals surface area (Å²) in [6.07, 6.45) is -12.3. The number of nitrogens with two attached hydrogens (primary N) is 5. The number of carbonyl (C=O) groups excluding carboxylic acids is 15. The van der Waals surface area contributed by atoms with Crippen LogP contribution in [0.2, 0.25) is 0 Å². The Morgan fingerprint density at radius 2 is 1.22 bits per heavy atom. The summed E-state index contributed by atoms with van der Waals surface area (Å²) in [5, 5.41) is 78.1. The zero-order valence-corrected chi connectivity index (χ0v) is 66.5. The summed E-state index contributed by atoms with van der Waals surface area (Å²) in [5.74, 6) is -25.4. The lowest BCUT2D eigenvalue weighted by atomic mass is 9.83. The average Bonchev–Trinajstić information content (AvgIpc) is 1.01. The number of esters is 1. The lowest BCUT2D eigenvalue weighted by molar-refractivity contribution is -0.168. The molecule has 0 aromatic carbocycles. The number of methoxy groups -OCH3 is 1. The second kappa shape index (κ2) is 47.6. The Morgan fingerprint density at radius 1 is 0.631 bits per heavy atom. The van der Waals surface area contributed by atoms with Crippen LogP contribution in [0.1, 0.15) is 173 Å². The summed E-state index contributed by atoms with van der Waals surface area (Å²) in [5.41, 5.74) is 28.5. The van der Waals surface area contributed by atoms with E-state index in [-0.39, 0.29) is 82.8 Å². The Bertz CT molecular complexity index is 3190. The number of likely N-dealkylation sites (N-methyl/N-ethyl adjacent to an activating group) is 1. The first-order valence-corrected chi connectivity index (χ1v) is 38.0. The minimum Gasteiger partial charge on any atom is -0.481 e. The number of carbonyl (C=O) groups is 16. The van der Waals surface area contributed by atoms with Gasteiger partial charge in [-0.15, -0.1) is 0 Å². The van der Waals surface area contributed by atoms with Crippen LogP contribution in [0.5, 0.6) is 0 Å². The summed E-state index contributed by atoms with van der Waals surface area (Å²) in [7, 11) is 2.31. The largest absolute Gasteiger partial charge is 0.481 e. The fourth-order valence-corrected chi connectivity index (χ4v) is 12.9. The highest BCUT2D eigenvalue weighted by Gasteiger charge is 2.48. The van der Waals surface area contributed by atoms with E-state index >= 15 is 19.2 Å². The molecule has 0 aromatic heterocycles. The van der Waals surface area contributed by atoms with Crippen molar-refractivity contribution < 1.29 is 112 Å². The molecule has 24 N–H and O–H groups in total. The maximum Gasteiger partial charge on any atom is 0.329 e. The number of aliphatic hydroxyl groups excluding tert-OH is 4. The van der Waals surface area contributed by atoms with Gasteiger partial charge in [0.15, 0.2) is 6.10 Å². The molecule has 0 unspecified atom stereocenters. The van der Waals surface area contributed by atoms with Gasteiger partial charge in [0, 0.05) is 39.5 Å². The fraction of sp³-hybridized carbons (Fsp3) is 0.778. The van der Waals surface area contributed by atoms with E-state index in [1.54, 1.807) is 34.6 Å². The van der Waals surface area contributed by atoms with Crippen molar-refractivity contribution >= 4 is 94.6 Å². The van der Waals surface area contributed by atoms with E-state index in [0.29, 0.717) is 6.42 Å². The molecule has 632 valence electrons. The van der Waals surface area contributed by atoms with E-state index in [0.717, 1.165) is 24.0 Å². The maximum atomic E-state index is 15.5. The summed E-state index contributed by atoms with van der Waals surface area (Å²) in [6.45, 7) is 17.2. The van der Waals surface area contributed by atoms with Crippen molar-refractivity contribution in [2.24, 2.45) is 76.0 Å². The zero-order valence-electron chi connectivity index (χ0n) is 66.5. The number of carboxylic acid groups (broad SMARTS) is 1. The minimum atomic E-state index is -2.69. The molecule has 22 atom stereocenters. The van der Waals surface area contributed by atoms with Gasteiger partial charge >= 0.3 is 11.9 Å². The third-order valence-corrected chi connectivity index (χ3v) is 21.2. The Hall–Kier alpha value is -8.76. The molecule has 0 radical (unpaired) electrons. The van der Waals surface area contributed by atoms with E-state index in [4.69, 9.17) is 38.1 Å². The molecule has 0 saturated carbocycles. The molecule has 14 amide bonds. The van der Waals surface area contributed by atoms with Crippen LogP contribution >= 0.6 is 0 Å². The molecule has 0 aromatic rings. The third kappa shape index (κ3) is 30.0. The Kier molecular flexibility index (Phi) is 42.1. The number of amides is 14. The van der Waals surface area contributed by atoms with Crippen LogP contribution in [0.25, 0.3) is 0 Å². The summed E-state index contributed by atoms with van der Waals surface area (Å²) < 4.78 is 11.7. The average molecular weight is 1580 g/mol. The van der Waals surface area contributed by atoms with E-state index < -0.39 is 266 Å². The van der Waals surface area contributed by atoms with Gasteiger partial charge < -0.3 is 121 Å². The monoisotopic (exact) mass is 1580 g/mol. The summed E-state index contributed by atoms with van der Waals surface area (Å²) in [6, 6.07) is -20.1. The standard InChI is InChI=1S/C72H126N16O23/c1-15-35(6)37(8)56(94)40(11)61(98)79-43(20-18-27-73)62(99)78-42(23-25-50(75)90)57(95)58(96)69(106)84-53(38(9)39(10)60(77)97)66(103)86-55-59(36(7)34(4)5)111-72(109)49-22-16-17-29-88(49)71(108)46(31-52(92)93)82-67(104)54(41(12)110-14)85-65(102)48(24-26-51(76)91)87(13)70(107)45(30-33(2)3)81-63(100)44(21-19-28-74)80-64(101)47(32-89)83-68(55)105/h33-49,53-59,89,94-96H,15-32,73-74H2,1-14H3,(H2,75,90)(H2,76,91)(H2,77,97)(H,78,99)(H,79,98)(H,80,101)(H,81,100)(H,82,104)(H,83,105)(H,84,106)(H,85,102)(H,86,103)(H,92,93)/t35-,36-,37-,38+,39-,40-,41-,42+,43-,44-,45+,46-,47-,48+,49+,53+,54+,55-,56-,57-,58-,59-/m1/s1. The van der Waals surface area contributed by atoms with Crippen molar-refractivity contribution in [2.75, 3.05) is 40.4 Å². The number of fused-ring (bicyclic) bond motifs is 1. The summed E-state index contributed by atoms with van der Waals surface area (Å²) >= 11 is 0. The first kappa shape index (κ1) is 98.3. The van der Waals surface area contributed by atoms with Gasteiger partial charge in [-0.2, -0.15) is 0 Å². The number of aliphatic hydroxyl groups is 4. The van der Waals surface area contributed by atoms with Crippen LogP contribution in [0, 0.1) is 47.3 Å². The second-order valence-corrected chi connectivity index (χ2v) is 30.1. The lowest BCUT2D eigenvalue weighted by Crippen LogP contribution is -2.65. The maximum absolute atomic E-state index is 15.5.